The Kier molecular flexibility index (Phi) is 3.93. The van der Waals surface area contributed by atoms with Gasteiger partial charge in [0.05, 0.1) is 11.7 Å². The standard InChI is InChI=1S/C17H18N4OS/c1-5-18-9-15-14(1)16(21-12-20-15)19-11-17(3-6-22-7-4-17)13-2-8-23-10-13/h1-2,5,8-10,12H,3-4,6-7,11H2,(H,19,20,21). The van der Waals surface area contributed by atoms with Crippen LogP contribution >= 0.6 is 11.3 Å². The molecule has 0 aliphatic carbocycles. The number of thiophene rings is 1. The van der Waals surface area contributed by atoms with Crippen LogP contribution in [0.5, 0.6) is 0 Å². The maximum Gasteiger partial charge on any atom is 0.137 e. The molecule has 0 radical (unpaired) electrons. The Morgan fingerprint density at radius 1 is 1.22 bits per heavy atom. The molecule has 6 heteroatoms. The zero-order valence-electron chi connectivity index (χ0n) is 12.7. The number of anilines is 1. The highest BCUT2D eigenvalue weighted by atomic mass is 32.1. The zero-order valence-corrected chi connectivity index (χ0v) is 13.6. The van der Waals surface area contributed by atoms with Gasteiger partial charge in [0.1, 0.15) is 12.1 Å². The van der Waals surface area contributed by atoms with Gasteiger partial charge in [-0.1, -0.05) is 0 Å². The quantitative estimate of drug-likeness (QED) is 0.797. The van der Waals surface area contributed by atoms with Gasteiger partial charge in [0.15, 0.2) is 0 Å². The van der Waals surface area contributed by atoms with Gasteiger partial charge < -0.3 is 10.1 Å². The molecule has 1 saturated heterocycles. The van der Waals surface area contributed by atoms with Gasteiger partial charge in [-0.3, -0.25) is 4.98 Å². The molecule has 0 aromatic carbocycles. The predicted octanol–water partition coefficient (Wildman–Crippen LogP) is 3.25. The summed E-state index contributed by atoms with van der Waals surface area (Å²) in [4.78, 5) is 12.8. The van der Waals surface area contributed by atoms with Crippen molar-refractivity contribution in [1.29, 1.82) is 0 Å². The zero-order chi connectivity index (χ0) is 15.5. The fraction of sp³-hybridized carbons (Fsp3) is 0.353. The fourth-order valence-corrected chi connectivity index (χ4v) is 3.98. The van der Waals surface area contributed by atoms with Gasteiger partial charge in [-0.15, -0.1) is 0 Å². The van der Waals surface area contributed by atoms with Gasteiger partial charge in [0.2, 0.25) is 0 Å². The van der Waals surface area contributed by atoms with Crippen molar-refractivity contribution >= 4 is 28.1 Å². The van der Waals surface area contributed by atoms with E-state index < -0.39 is 0 Å². The molecule has 0 unspecified atom stereocenters. The summed E-state index contributed by atoms with van der Waals surface area (Å²) in [5.74, 6) is 0.874. The van der Waals surface area contributed by atoms with E-state index in [4.69, 9.17) is 4.74 Å². The van der Waals surface area contributed by atoms with E-state index in [-0.39, 0.29) is 5.41 Å². The van der Waals surface area contributed by atoms with Crippen LogP contribution in [0.3, 0.4) is 0 Å². The monoisotopic (exact) mass is 326 g/mol. The predicted molar refractivity (Wildman–Crippen MR) is 91.9 cm³/mol. The van der Waals surface area contributed by atoms with Crippen LogP contribution in [-0.4, -0.2) is 34.7 Å². The summed E-state index contributed by atoms with van der Waals surface area (Å²) in [6.07, 6.45) is 7.20. The lowest BCUT2D eigenvalue weighted by Gasteiger charge is -2.37. The molecule has 3 aromatic rings. The molecule has 1 aliphatic rings. The highest BCUT2D eigenvalue weighted by Gasteiger charge is 2.34. The lowest BCUT2D eigenvalue weighted by molar-refractivity contribution is 0.0545. The minimum absolute atomic E-state index is 0.114. The van der Waals surface area contributed by atoms with Gasteiger partial charge in [0, 0.05) is 36.8 Å². The first kappa shape index (κ1) is 14.5. The topological polar surface area (TPSA) is 59.9 Å². The average molecular weight is 326 g/mol. The summed E-state index contributed by atoms with van der Waals surface area (Å²) in [7, 11) is 0. The average Bonchev–Trinajstić information content (AvgIpc) is 3.16. The summed E-state index contributed by atoms with van der Waals surface area (Å²) in [5.41, 5.74) is 2.38. The van der Waals surface area contributed by atoms with E-state index in [0.29, 0.717) is 0 Å². The van der Waals surface area contributed by atoms with Gasteiger partial charge in [-0.25, -0.2) is 9.97 Å². The van der Waals surface area contributed by atoms with Crippen LogP contribution in [-0.2, 0) is 10.2 Å². The van der Waals surface area contributed by atoms with E-state index in [9.17, 15) is 0 Å². The number of ether oxygens (including phenoxy) is 1. The van der Waals surface area contributed by atoms with Crippen molar-refractivity contribution in [2.75, 3.05) is 25.1 Å². The van der Waals surface area contributed by atoms with Crippen molar-refractivity contribution in [3.8, 4) is 0 Å². The van der Waals surface area contributed by atoms with E-state index in [1.807, 2.05) is 6.07 Å². The highest BCUT2D eigenvalue weighted by Crippen LogP contribution is 2.36. The number of nitrogens with one attached hydrogen (secondary N) is 1. The van der Waals surface area contributed by atoms with Crippen molar-refractivity contribution in [3.63, 3.8) is 0 Å². The summed E-state index contributed by atoms with van der Waals surface area (Å²) < 4.78 is 5.59. The maximum absolute atomic E-state index is 5.59. The number of pyridine rings is 1. The summed E-state index contributed by atoms with van der Waals surface area (Å²) in [5, 5.41) is 8.98. The molecule has 4 heterocycles. The molecule has 1 fully saturated rings. The molecule has 23 heavy (non-hydrogen) atoms. The Balaban J connectivity index is 1.63. The SMILES string of the molecule is c1cc2c(NCC3(c4ccsc4)CCOCC3)ncnc2cn1. The van der Waals surface area contributed by atoms with Crippen LogP contribution in [0.4, 0.5) is 5.82 Å². The van der Waals surface area contributed by atoms with E-state index >= 15 is 0 Å². The number of nitrogens with zero attached hydrogens (tertiary/aromatic N) is 3. The smallest absolute Gasteiger partial charge is 0.137 e. The van der Waals surface area contributed by atoms with Crippen LogP contribution in [0.1, 0.15) is 18.4 Å². The second kappa shape index (κ2) is 6.22. The van der Waals surface area contributed by atoms with Crippen molar-refractivity contribution in [1.82, 2.24) is 15.0 Å². The van der Waals surface area contributed by atoms with Crippen LogP contribution in [0.15, 0.2) is 41.6 Å². The van der Waals surface area contributed by atoms with E-state index in [2.05, 4.69) is 37.1 Å². The molecule has 0 amide bonds. The molecule has 4 rings (SSSR count). The van der Waals surface area contributed by atoms with E-state index in [1.54, 1.807) is 30.1 Å². The molecular formula is C17H18N4OS. The van der Waals surface area contributed by atoms with Crippen LogP contribution in [0, 0.1) is 0 Å². The van der Waals surface area contributed by atoms with Crippen LogP contribution < -0.4 is 5.32 Å². The van der Waals surface area contributed by atoms with Gasteiger partial charge >= 0.3 is 0 Å². The fourth-order valence-electron chi connectivity index (χ4n) is 3.20. The van der Waals surface area contributed by atoms with E-state index in [1.165, 1.54) is 5.56 Å². The van der Waals surface area contributed by atoms with Crippen LogP contribution in [0.2, 0.25) is 0 Å². The van der Waals surface area contributed by atoms with Crippen molar-refractivity contribution in [2.45, 2.75) is 18.3 Å². The van der Waals surface area contributed by atoms with Gasteiger partial charge in [-0.05, 0) is 41.3 Å². The molecule has 5 nitrogen and oxygen atoms in total. The first-order valence-electron chi connectivity index (χ1n) is 7.76. The molecule has 3 aromatic heterocycles. The first-order chi connectivity index (χ1) is 11.4. The largest absolute Gasteiger partial charge is 0.381 e. The lowest BCUT2D eigenvalue weighted by atomic mass is 9.75. The lowest BCUT2D eigenvalue weighted by Crippen LogP contribution is -2.39. The number of hydrogen-bond acceptors (Lipinski definition) is 6. The molecule has 1 aliphatic heterocycles. The van der Waals surface area contributed by atoms with E-state index in [0.717, 1.165) is 49.3 Å². The molecule has 0 bridgehead atoms. The number of hydrogen-bond donors (Lipinski definition) is 1. The Labute approximate surface area is 138 Å². The number of rotatable bonds is 4. The second-order valence-corrected chi connectivity index (χ2v) is 6.65. The maximum atomic E-state index is 5.59. The molecule has 0 spiro atoms. The Hall–Kier alpha value is -2.05. The highest BCUT2D eigenvalue weighted by molar-refractivity contribution is 7.08. The summed E-state index contributed by atoms with van der Waals surface area (Å²) in [6.45, 7) is 2.47. The Morgan fingerprint density at radius 3 is 2.96 bits per heavy atom. The molecule has 118 valence electrons. The molecule has 1 N–H and O–H groups in total. The Morgan fingerprint density at radius 2 is 2.13 bits per heavy atom. The van der Waals surface area contributed by atoms with Crippen molar-refractivity contribution in [2.24, 2.45) is 0 Å². The minimum atomic E-state index is 0.114. The third-order valence-electron chi connectivity index (χ3n) is 4.62. The molecule has 0 saturated carbocycles. The normalized spacial score (nSPS) is 17.2. The molecule has 0 atom stereocenters. The van der Waals surface area contributed by atoms with Crippen LogP contribution in [0.25, 0.3) is 10.9 Å². The third-order valence-corrected chi connectivity index (χ3v) is 5.30. The molecular weight excluding hydrogens is 308 g/mol. The summed E-state index contributed by atoms with van der Waals surface area (Å²) in [6, 6.07) is 4.19. The minimum Gasteiger partial charge on any atom is -0.381 e. The second-order valence-electron chi connectivity index (χ2n) is 5.87. The first-order valence-corrected chi connectivity index (χ1v) is 8.71. The third kappa shape index (κ3) is 2.80. The van der Waals surface area contributed by atoms with Crippen molar-refractivity contribution in [3.05, 3.63) is 47.2 Å². The van der Waals surface area contributed by atoms with Gasteiger partial charge in [0.25, 0.3) is 0 Å². The van der Waals surface area contributed by atoms with Crippen molar-refractivity contribution < 1.29 is 4.74 Å². The van der Waals surface area contributed by atoms with Gasteiger partial charge in [-0.2, -0.15) is 11.3 Å². The number of aromatic nitrogens is 3. The Bertz CT molecular complexity index is 779. The number of fused-ring (bicyclic) bond motifs is 1. The summed E-state index contributed by atoms with van der Waals surface area (Å²) >= 11 is 1.75.